The van der Waals surface area contributed by atoms with Crippen molar-refractivity contribution in [3.63, 3.8) is 0 Å². The minimum atomic E-state index is -0.261. The summed E-state index contributed by atoms with van der Waals surface area (Å²) in [6.07, 6.45) is 8.15. The van der Waals surface area contributed by atoms with Gasteiger partial charge in [-0.2, -0.15) is 0 Å². The molecule has 0 saturated carbocycles. The van der Waals surface area contributed by atoms with E-state index in [1.807, 2.05) is 26.0 Å². The molecular weight excluding hydrogens is 316 g/mol. The molecular formula is C19H24N4O2. The summed E-state index contributed by atoms with van der Waals surface area (Å²) in [6.45, 7) is 5.85. The number of amides is 2. The molecule has 6 heteroatoms. The van der Waals surface area contributed by atoms with Gasteiger partial charge in [-0.05, 0) is 30.5 Å². The second-order valence-corrected chi connectivity index (χ2v) is 5.80. The monoisotopic (exact) mass is 340 g/mol. The lowest BCUT2D eigenvalue weighted by Gasteiger charge is -2.21. The molecule has 25 heavy (non-hydrogen) atoms. The molecule has 0 fully saturated rings. The lowest BCUT2D eigenvalue weighted by atomic mass is 10.1. The number of nitrogens with one attached hydrogen (secondary N) is 1. The summed E-state index contributed by atoms with van der Waals surface area (Å²) < 4.78 is 0. The van der Waals surface area contributed by atoms with Gasteiger partial charge in [0.15, 0.2) is 0 Å². The van der Waals surface area contributed by atoms with Gasteiger partial charge in [0.2, 0.25) is 0 Å². The van der Waals surface area contributed by atoms with Gasteiger partial charge in [0.1, 0.15) is 0 Å². The van der Waals surface area contributed by atoms with Crippen LogP contribution in [0.2, 0.25) is 0 Å². The Bertz CT molecular complexity index is 698. The van der Waals surface area contributed by atoms with E-state index in [0.717, 1.165) is 18.4 Å². The van der Waals surface area contributed by atoms with Gasteiger partial charge in [-0.1, -0.05) is 19.9 Å². The van der Waals surface area contributed by atoms with Gasteiger partial charge >= 0.3 is 0 Å². The minimum absolute atomic E-state index is 0.0851. The van der Waals surface area contributed by atoms with Gasteiger partial charge in [0, 0.05) is 44.4 Å². The van der Waals surface area contributed by atoms with Crippen LogP contribution in [0.3, 0.4) is 0 Å². The zero-order chi connectivity index (χ0) is 18.1. The lowest BCUT2D eigenvalue weighted by molar-refractivity contribution is 0.0755. The minimum Gasteiger partial charge on any atom is -0.348 e. The maximum absolute atomic E-state index is 12.6. The number of carbonyl (C=O) groups excluding carboxylic acids is 2. The molecule has 0 unspecified atom stereocenters. The van der Waals surface area contributed by atoms with E-state index in [4.69, 9.17) is 0 Å². The third-order valence-corrected chi connectivity index (χ3v) is 3.70. The van der Waals surface area contributed by atoms with Gasteiger partial charge in [-0.25, -0.2) is 0 Å². The lowest BCUT2D eigenvalue weighted by Crippen LogP contribution is -2.33. The Morgan fingerprint density at radius 3 is 2.40 bits per heavy atom. The van der Waals surface area contributed by atoms with Crippen molar-refractivity contribution < 1.29 is 9.59 Å². The second-order valence-electron chi connectivity index (χ2n) is 5.80. The number of carbonyl (C=O) groups is 2. The highest BCUT2D eigenvalue weighted by Crippen LogP contribution is 2.09. The molecule has 0 saturated heterocycles. The highest BCUT2D eigenvalue weighted by atomic mass is 16.2. The van der Waals surface area contributed by atoms with Crippen LogP contribution in [0.5, 0.6) is 0 Å². The quantitative estimate of drug-likeness (QED) is 0.802. The van der Waals surface area contributed by atoms with Crippen LogP contribution in [0.1, 0.15) is 53.0 Å². The third kappa shape index (κ3) is 5.38. The van der Waals surface area contributed by atoms with E-state index in [0.29, 0.717) is 30.8 Å². The van der Waals surface area contributed by atoms with Crippen LogP contribution in [0, 0.1) is 0 Å². The molecule has 2 aromatic rings. The molecule has 0 aliphatic heterocycles. The Morgan fingerprint density at radius 1 is 1.04 bits per heavy atom. The fourth-order valence-electron chi connectivity index (χ4n) is 2.51. The fourth-order valence-corrected chi connectivity index (χ4v) is 2.51. The van der Waals surface area contributed by atoms with Crippen molar-refractivity contribution in [3.8, 4) is 0 Å². The first-order valence-electron chi connectivity index (χ1n) is 8.57. The molecule has 2 rings (SSSR count). The molecule has 0 radical (unpaired) electrons. The van der Waals surface area contributed by atoms with E-state index < -0.39 is 0 Å². The van der Waals surface area contributed by atoms with E-state index in [-0.39, 0.29) is 11.8 Å². The van der Waals surface area contributed by atoms with Crippen molar-refractivity contribution in [2.45, 2.75) is 33.2 Å². The summed E-state index contributed by atoms with van der Waals surface area (Å²) in [5.41, 5.74) is 1.73. The molecule has 132 valence electrons. The van der Waals surface area contributed by atoms with Crippen molar-refractivity contribution in [2.24, 2.45) is 0 Å². The van der Waals surface area contributed by atoms with Crippen molar-refractivity contribution in [2.75, 3.05) is 13.1 Å². The Morgan fingerprint density at radius 2 is 1.76 bits per heavy atom. The van der Waals surface area contributed by atoms with Crippen molar-refractivity contribution >= 4 is 11.8 Å². The molecule has 0 atom stereocenters. The van der Waals surface area contributed by atoms with Crippen LogP contribution in [0.25, 0.3) is 0 Å². The summed E-state index contributed by atoms with van der Waals surface area (Å²) in [5.74, 6) is -0.346. The average molecular weight is 340 g/mol. The molecule has 0 spiro atoms. The van der Waals surface area contributed by atoms with Crippen LogP contribution in [-0.2, 0) is 6.54 Å². The Kier molecular flexibility index (Phi) is 7.07. The molecule has 2 aromatic heterocycles. The van der Waals surface area contributed by atoms with Gasteiger partial charge in [-0.3, -0.25) is 19.6 Å². The molecule has 0 bridgehead atoms. The third-order valence-electron chi connectivity index (χ3n) is 3.70. The Balaban J connectivity index is 2.06. The van der Waals surface area contributed by atoms with Gasteiger partial charge in [0.05, 0.1) is 11.1 Å². The number of hydrogen-bond acceptors (Lipinski definition) is 4. The highest BCUT2D eigenvalue weighted by molar-refractivity contribution is 5.99. The van der Waals surface area contributed by atoms with Crippen LogP contribution < -0.4 is 5.32 Å². The first-order valence-corrected chi connectivity index (χ1v) is 8.57. The van der Waals surface area contributed by atoms with Crippen LogP contribution in [0.4, 0.5) is 0 Å². The van der Waals surface area contributed by atoms with E-state index in [1.54, 1.807) is 23.4 Å². The maximum Gasteiger partial charge on any atom is 0.255 e. The summed E-state index contributed by atoms with van der Waals surface area (Å²) in [6, 6.07) is 5.31. The van der Waals surface area contributed by atoms with Crippen LogP contribution >= 0.6 is 0 Å². The van der Waals surface area contributed by atoms with Crippen molar-refractivity contribution in [3.05, 3.63) is 59.7 Å². The summed E-state index contributed by atoms with van der Waals surface area (Å²) in [5, 5.41) is 2.82. The molecule has 0 aliphatic rings. The van der Waals surface area contributed by atoms with Crippen molar-refractivity contribution in [1.29, 1.82) is 0 Å². The predicted octanol–water partition coefficient (Wildman–Crippen LogP) is 2.67. The molecule has 2 heterocycles. The maximum atomic E-state index is 12.6. The largest absolute Gasteiger partial charge is 0.348 e. The SMILES string of the molecule is CCCN(CCC)C(=O)c1cncc(C(=O)NCc2cccnc2)c1. The topological polar surface area (TPSA) is 75.2 Å². The number of rotatable bonds is 8. The van der Waals surface area contributed by atoms with Crippen LogP contribution in [0.15, 0.2) is 43.0 Å². The first-order chi connectivity index (χ1) is 12.2. The van der Waals surface area contributed by atoms with Crippen molar-refractivity contribution in [1.82, 2.24) is 20.2 Å². The molecule has 1 N–H and O–H groups in total. The number of pyridine rings is 2. The first kappa shape index (κ1) is 18.6. The second kappa shape index (κ2) is 9.52. The van der Waals surface area contributed by atoms with Gasteiger partial charge < -0.3 is 10.2 Å². The zero-order valence-corrected chi connectivity index (χ0v) is 14.7. The highest BCUT2D eigenvalue weighted by Gasteiger charge is 2.16. The fraction of sp³-hybridized carbons (Fsp3) is 0.368. The van der Waals surface area contributed by atoms with Crippen LogP contribution in [-0.4, -0.2) is 39.8 Å². The summed E-state index contributed by atoms with van der Waals surface area (Å²) in [7, 11) is 0. The normalized spacial score (nSPS) is 10.3. The average Bonchev–Trinajstić information content (AvgIpc) is 2.66. The molecule has 6 nitrogen and oxygen atoms in total. The van der Waals surface area contributed by atoms with E-state index >= 15 is 0 Å². The van der Waals surface area contributed by atoms with E-state index in [9.17, 15) is 9.59 Å². The number of nitrogens with zero attached hydrogens (tertiary/aromatic N) is 3. The zero-order valence-electron chi connectivity index (χ0n) is 14.7. The molecule has 2 amide bonds. The Labute approximate surface area is 148 Å². The number of aromatic nitrogens is 2. The molecule has 0 aromatic carbocycles. The standard InChI is InChI=1S/C19H24N4O2/c1-3-8-23(9-4-2)19(25)17-10-16(13-21-14-17)18(24)22-12-15-6-5-7-20-11-15/h5-7,10-11,13-14H,3-4,8-9,12H2,1-2H3,(H,22,24). The summed E-state index contributed by atoms with van der Waals surface area (Å²) >= 11 is 0. The summed E-state index contributed by atoms with van der Waals surface area (Å²) in [4.78, 5) is 34.8. The Hall–Kier alpha value is -2.76. The predicted molar refractivity (Wildman–Crippen MR) is 96.1 cm³/mol. The molecule has 0 aliphatic carbocycles. The smallest absolute Gasteiger partial charge is 0.255 e. The number of hydrogen-bond donors (Lipinski definition) is 1. The van der Waals surface area contributed by atoms with E-state index in [2.05, 4.69) is 15.3 Å². The van der Waals surface area contributed by atoms with E-state index in [1.165, 1.54) is 12.4 Å². The van der Waals surface area contributed by atoms with Gasteiger partial charge in [0.25, 0.3) is 11.8 Å². The van der Waals surface area contributed by atoms with Gasteiger partial charge in [-0.15, -0.1) is 0 Å².